The minimum atomic E-state index is -1.63. The number of fused-ring (bicyclic) bond motifs is 1. The van der Waals surface area contributed by atoms with Crippen LogP contribution >= 0.6 is 0 Å². The van der Waals surface area contributed by atoms with Crippen molar-refractivity contribution in [3.05, 3.63) is 77.7 Å². The summed E-state index contributed by atoms with van der Waals surface area (Å²) >= 11 is -1.63. The molecule has 170 valence electrons. The first kappa shape index (κ1) is 22.4. The van der Waals surface area contributed by atoms with Crippen molar-refractivity contribution in [2.75, 3.05) is 11.3 Å². The van der Waals surface area contributed by atoms with Gasteiger partial charge in [0.15, 0.2) is 0 Å². The Morgan fingerprint density at radius 3 is 2.79 bits per heavy atom. The average Bonchev–Trinajstić information content (AvgIpc) is 2.77. The predicted octanol–water partition coefficient (Wildman–Crippen LogP) is 3.18. The van der Waals surface area contributed by atoms with Gasteiger partial charge in [-0.2, -0.15) is 4.40 Å². The van der Waals surface area contributed by atoms with Gasteiger partial charge in [-0.05, 0) is 50.2 Å². The van der Waals surface area contributed by atoms with Crippen LogP contribution in [0.2, 0.25) is 0 Å². The molecule has 33 heavy (non-hydrogen) atoms. The van der Waals surface area contributed by atoms with E-state index in [0.29, 0.717) is 33.8 Å². The Labute approximate surface area is 192 Å². The lowest BCUT2D eigenvalue weighted by Gasteiger charge is -2.27. The van der Waals surface area contributed by atoms with E-state index >= 15 is 0 Å². The molecule has 1 atom stereocenters. The molecule has 1 amide bonds. The van der Waals surface area contributed by atoms with Gasteiger partial charge in [-0.1, -0.05) is 18.2 Å². The van der Waals surface area contributed by atoms with E-state index in [4.69, 9.17) is 10.5 Å². The highest BCUT2D eigenvalue weighted by Gasteiger charge is 2.25. The van der Waals surface area contributed by atoms with Crippen LogP contribution < -0.4 is 20.5 Å². The SMILES string of the molecule is CC(C)(COc1cccc2c1C(N)=NS(=O)N2)NC(=O)c1ccnc(-c2cccc(F)c2)c1. The minimum Gasteiger partial charge on any atom is -0.490 e. The Kier molecular flexibility index (Phi) is 6.10. The van der Waals surface area contributed by atoms with E-state index in [1.165, 1.54) is 18.3 Å². The van der Waals surface area contributed by atoms with Crippen LogP contribution in [0.15, 0.2) is 65.2 Å². The molecule has 3 aromatic rings. The first-order valence-electron chi connectivity index (χ1n) is 10.1. The normalized spacial score (nSPS) is 15.1. The lowest BCUT2D eigenvalue weighted by Crippen LogP contribution is -2.48. The maximum atomic E-state index is 13.6. The average molecular weight is 468 g/mol. The molecule has 1 aromatic heterocycles. The third kappa shape index (κ3) is 5.17. The van der Waals surface area contributed by atoms with Gasteiger partial charge >= 0.3 is 0 Å². The van der Waals surface area contributed by atoms with Gasteiger partial charge < -0.3 is 15.8 Å². The summed E-state index contributed by atoms with van der Waals surface area (Å²) in [6.45, 7) is 3.77. The number of benzene rings is 2. The predicted molar refractivity (Wildman–Crippen MR) is 126 cm³/mol. The van der Waals surface area contributed by atoms with Crippen molar-refractivity contribution in [3.63, 3.8) is 0 Å². The summed E-state index contributed by atoms with van der Waals surface area (Å²) in [5.74, 6) is -0.131. The van der Waals surface area contributed by atoms with E-state index in [9.17, 15) is 13.4 Å². The van der Waals surface area contributed by atoms with Crippen molar-refractivity contribution in [2.45, 2.75) is 19.4 Å². The number of hydrogen-bond acceptors (Lipinski definition) is 5. The summed E-state index contributed by atoms with van der Waals surface area (Å²) in [6.07, 6.45) is 1.51. The number of ether oxygens (including phenoxy) is 1. The number of amides is 1. The number of anilines is 1. The molecule has 0 fully saturated rings. The maximum Gasteiger partial charge on any atom is 0.251 e. The van der Waals surface area contributed by atoms with Crippen molar-refractivity contribution >= 4 is 28.6 Å². The fraction of sp³-hybridized carbons (Fsp3) is 0.174. The molecule has 0 saturated carbocycles. The van der Waals surface area contributed by atoms with Crippen molar-refractivity contribution < 1.29 is 18.1 Å². The highest BCUT2D eigenvalue weighted by Crippen LogP contribution is 2.30. The molecule has 2 aromatic carbocycles. The lowest BCUT2D eigenvalue weighted by molar-refractivity contribution is 0.0880. The number of nitrogens with zero attached hydrogens (tertiary/aromatic N) is 2. The highest BCUT2D eigenvalue weighted by molar-refractivity contribution is 7.85. The van der Waals surface area contributed by atoms with Crippen molar-refractivity contribution in [2.24, 2.45) is 10.1 Å². The van der Waals surface area contributed by atoms with Crippen LogP contribution in [0.25, 0.3) is 11.3 Å². The van der Waals surface area contributed by atoms with Crippen LogP contribution in [0.5, 0.6) is 5.75 Å². The van der Waals surface area contributed by atoms with Gasteiger partial charge in [-0.25, -0.2) is 8.60 Å². The van der Waals surface area contributed by atoms with Crippen molar-refractivity contribution in [1.29, 1.82) is 0 Å². The Hall–Kier alpha value is -3.79. The Morgan fingerprint density at radius 2 is 2.00 bits per heavy atom. The number of hydrogen-bond donors (Lipinski definition) is 3. The summed E-state index contributed by atoms with van der Waals surface area (Å²) in [5, 5.41) is 2.94. The first-order valence-corrected chi connectivity index (χ1v) is 11.2. The molecule has 10 heteroatoms. The number of pyridine rings is 1. The number of nitrogens with one attached hydrogen (secondary N) is 2. The van der Waals surface area contributed by atoms with E-state index in [1.54, 1.807) is 42.5 Å². The number of aromatic nitrogens is 1. The second kappa shape index (κ2) is 8.99. The number of carbonyl (C=O) groups is 1. The zero-order valence-electron chi connectivity index (χ0n) is 18.0. The maximum absolute atomic E-state index is 13.6. The molecule has 1 aliphatic rings. The van der Waals surface area contributed by atoms with Gasteiger partial charge in [0.05, 0.1) is 22.5 Å². The zero-order valence-corrected chi connectivity index (χ0v) is 18.8. The monoisotopic (exact) mass is 467 g/mol. The summed E-state index contributed by atoms with van der Waals surface area (Å²) in [7, 11) is 0. The Bertz CT molecular complexity index is 1280. The number of carbonyl (C=O) groups excluding carboxylic acids is 1. The molecule has 0 aliphatic carbocycles. The third-order valence-electron chi connectivity index (χ3n) is 4.84. The molecule has 2 heterocycles. The van der Waals surface area contributed by atoms with Crippen LogP contribution in [0.4, 0.5) is 10.1 Å². The summed E-state index contributed by atoms with van der Waals surface area (Å²) in [5.41, 5.74) is 7.73. The molecule has 1 aliphatic heterocycles. The lowest BCUT2D eigenvalue weighted by atomic mass is 10.0. The largest absolute Gasteiger partial charge is 0.490 e. The third-order valence-corrected chi connectivity index (χ3v) is 5.60. The van der Waals surface area contributed by atoms with E-state index in [1.807, 2.05) is 13.8 Å². The van der Waals surface area contributed by atoms with E-state index < -0.39 is 16.7 Å². The standard InChI is InChI=1S/C23H22FN5O3S/c1-23(2,13-32-19-8-4-7-17-20(19)21(25)29-33(31)28-17)27-22(30)15-9-10-26-18(12-15)14-5-3-6-16(24)11-14/h3-12,28H,13H2,1-2H3,(H2,25,29)(H,27,30). The number of halogens is 1. The quantitative estimate of drug-likeness (QED) is 0.515. The number of rotatable bonds is 6. The summed E-state index contributed by atoms with van der Waals surface area (Å²) in [4.78, 5) is 17.1. The second-order valence-corrected chi connectivity index (χ2v) is 8.96. The zero-order chi connectivity index (χ0) is 23.6. The fourth-order valence-corrected chi connectivity index (χ4v) is 3.98. The Balaban J connectivity index is 1.47. The van der Waals surface area contributed by atoms with Gasteiger partial charge in [0.25, 0.3) is 5.91 Å². The first-order chi connectivity index (χ1) is 15.7. The molecular weight excluding hydrogens is 445 g/mol. The van der Waals surface area contributed by atoms with Crippen LogP contribution in [0.3, 0.4) is 0 Å². The smallest absolute Gasteiger partial charge is 0.251 e. The summed E-state index contributed by atoms with van der Waals surface area (Å²) < 4.78 is 37.7. The highest BCUT2D eigenvalue weighted by atomic mass is 32.2. The number of nitrogens with two attached hydrogens (primary N) is 1. The van der Waals surface area contributed by atoms with Crippen LogP contribution in [-0.2, 0) is 11.2 Å². The van der Waals surface area contributed by atoms with Gasteiger partial charge in [-0.3, -0.25) is 14.5 Å². The minimum absolute atomic E-state index is 0.112. The van der Waals surface area contributed by atoms with Gasteiger partial charge in [0.2, 0.25) is 11.2 Å². The molecule has 4 rings (SSSR count). The van der Waals surface area contributed by atoms with Gasteiger partial charge in [0.1, 0.15) is 24.0 Å². The molecule has 0 radical (unpaired) electrons. The topological polar surface area (TPSA) is 119 Å². The van der Waals surface area contributed by atoms with E-state index in [-0.39, 0.29) is 24.2 Å². The van der Waals surface area contributed by atoms with Gasteiger partial charge in [0, 0.05) is 17.3 Å². The molecule has 0 spiro atoms. The van der Waals surface area contributed by atoms with Crippen molar-refractivity contribution in [1.82, 2.24) is 10.3 Å². The Morgan fingerprint density at radius 1 is 1.21 bits per heavy atom. The van der Waals surface area contributed by atoms with Crippen LogP contribution in [0.1, 0.15) is 29.8 Å². The van der Waals surface area contributed by atoms with Crippen LogP contribution in [-0.4, -0.2) is 33.1 Å². The molecule has 0 saturated heterocycles. The number of amidine groups is 1. The summed E-state index contributed by atoms with van der Waals surface area (Å²) in [6, 6.07) is 14.4. The molecule has 0 bridgehead atoms. The van der Waals surface area contributed by atoms with E-state index in [2.05, 4.69) is 19.4 Å². The molecule has 4 N–H and O–H groups in total. The van der Waals surface area contributed by atoms with Crippen LogP contribution in [0, 0.1) is 5.82 Å². The second-order valence-electron chi connectivity index (χ2n) is 8.07. The fourth-order valence-electron chi connectivity index (χ4n) is 3.30. The molecular formula is C23H22FN5O3S. The van der Waals surface area contributed by atoms with Crippen molar-refractivity contribution in [3.8, 4) is 17.0 Å². The molecule has 1 unspecified atom stereocenters. The van der Waals surface area contributed by atoms with E-state index in [0.717, 1.165) is 0 Å². The van der Waals surface area contributed by atoms with Gasteiger partial charge in [-0.15, -0.1) is 0 Å². The molecule has 8 nitrogen and oxygen atoms in total.